The Morgan fingerprint density at radius 3 is 2.52 bits per heavy atom. The molecule has 0 aliphatic carbocycles. The highest BCUT2D eigenvalue weighted by Crippen LogP contribution is 2.42. The topological polar surface area (TPSA) is 51.3 Å². The number of hydrogen-bond donors (Lipinski definition) is 1. The maximum absolute atomic E-state index is 13.3. The summed E-state index contributed by atoms with van der Waals surface area (Å²) in [6.07, 6.45) is -4.59. The number of H-pyrrole nitrogens is 1. The predicted octanol–water partition coefficient (Wildman–Crippen LogP) is 3.68. The number of nitrogens with one attached hydrogen (secondary N) is 1. The first kappa shape index (κ1) is 15.2. The van der Waals surface area contributed by atoms with Gasteiger partial charge in [-0.15, -0.1) is 0 Å². The van der Waals surface area contributed by atoms with E-state index in [0.29, 0.717) is 0 Å². The molecule has 0 amide bonds. The number of benzene rings is 1. The molecular weight excluding hydrogens is 287 g/mol. The van der Waals surface area contributed by atoms with Gasteiger partial charge in [0.2, 0.25) is 0 Å². The molecule has 2 aromatic rings. The average molecular weight is 301 g/mol. The Balaban J connectivity index is 2.78. The molecule has 114 valence electrons. The summed E-state index contributed by atoms with van der Waals surface area (Å²) in [5.41, 5.74) is -0.476. The summed E-state index contributed by atoms with van der Waals surface area (Å²) in [5.74, 6) is -0.967. The van der Waals surface area contributed by atoms with Gasteiger partial charge in [0.05, 0.1) is 13.7 Å². The van der Waals surface area contributed by atoms with Crippen LogP contribution in [0.2, 0.25) is 0 Å². The van der Waals surface area contributed by atoms with E-state index in [-0.39, 0.29) is 34.5 Å². The Kier molecular flexibility index (Phi) is 3.85. The molecule has 0 unspecified atom stereocenters. The molecule has 0 spiro atoms. The predicted molar refractivity (Wildman–Crippen MR) is 70.5 cm³/mol. The highest BCUT2D eigenvalue weighted by atomic mass is 19.4. The Hall–Kier alpha value is -2.18. The third-order valence-electron chi connectivity index (χ3n) is 3.16. The lowest BCUT2D eigenvalue weighted by molar-refractivity contribution is -0.137. The number of aryl methyl sites for hydroxylation is 1. The van der Waals surface area contributed by atoms with Crippen molar-refractivity contribution in [1.82, 2.24) is 4.98 Å². The number of ether oxygens (including phenoxy) is 2. The number of esters is 1. The van der Waals surface area contributed by atoms with Crippen LogP contribution >= 0.6 is 0 Å². The number of carbonyl (C=O) groups excluding carboxylic acids is 1. The van der Waals surface area contributed by atoms with Crippen molar-refractivity contribution in [1.29, 1.82) is 0 Å². The standard InChI is InChI=1S/C14H14F3NO3/c1-4-21-13(19)12-7(2)10-8(18-12)5-6-9(20-3)11(10)14(15,16)17/h5-6,18H,4H2,1-3H3. The van der Waals surface area contributed by atoms with Crippen LogP contribution in [-0.2, 0) is 10.9 Å². The molecule has 2 rings (SSSR count). The lowest BCUT2D eigenvalue weighted by Crippen LogP contribution is -2.09. The Morgan fingerprint density at radius 1 is 1.33 bits per heavy atom. The smallest absolute Gasteiger partial charge is 0.420 e. The summed E-state index contributed by atoms with van der Waals surface area (Å²) >= 11 is 0. The van der Waals surface area contributed by atoms with E-state index in [1.54, 1.807) is 6.92 Å². The van der Waals surface area contributed by atoms with Gasteiger partial charge in [-0.3, -0.25) is 0 Å². The number of hydrogen-bond acceptors (Lipinski definition) is 3. The van der Waals surface area contributed by atoms with Gasteiger partial charge in [0.1, 0.15) is 17.0 Å². The first-order chi connectivity index (χ1) is 9.81. The van der Waals surface area contributed by atoms with Gasteiger partial charge in [0.15, 0.2) is 0 Å². The van der Waals surface area contributed by atoms with Gasteiger partial charge in [0, 0.05) is 10.9 Å². The van der Waals surface area contributed by atoms with Crippen molar-refractivity contribution in [3.8, 4) is 5.75 Å². The molecule has 1 heterocycles. The van der Waals surface area contributed by atoms with Crippen LogP contribution in [0.3, 0.4) is 0 Å². The molecule has 0 radical (unpaired) electrons. The van der Waals surface area contributed by atoms with E-state index in [1.165, 1.54) is 26.2 Å². The molecule has 0 bridgehead atoms. The Morgan fingerprint density at radius 2 is 2.00 bits per heavy atom. The molecule has 4 nitrogen and oxygen atoms in total. The molecule has 21 heavy (non-hydrogen) atoms. The monoisotopic (exact) mass is 301 g/mol. The van der Waals surface area contributed by atoms with Crippen molar-refractivity contribution in [2.75, 3.05) is 13.7 Å². The van der Waals surface area contributed by atoms with Crippen molar-refractivity contribution in [2.24, 2.45) is 0 Å². The van der Waals surface area contributed by atoms with Gasteiger partial charge in [-0.05, 0) is 31.5 Å². The Labute approximate surface area is 118 Å². The third-order valence-corrected chi connectivity index (χ3v) is 3.16. The SMILES string of the molecule is CCOC(=O)c1[nH]c2ccc(OC)c(C(F)(F)F)c2c1C. The van der Waals surface area contributed by atoms with Crippen LogP contribution in [0.25, 0.3) is 10.9 Å². The minimum Gasteiger partial charge on any atom is -0.496 e. The molecule has 0 saturated carbocycles. The molecule has 0 fully saturated rings. The zero-order valence-corrected chi connectivity index (χ0v) is 11.7. The number of methoxy groups -OCH3 is 1. The van der Waals surface area contributed by atoms with Crippen LogP contribution in [0, 0.1) is 6.92 Å². The first-order valence-corrected chi connectivity index (χ1v) is 6.24. The van der Waals surface area contributed by atoms with Gasteiger partial charge in [-0.1, -0.05) is 0 Å². The summed E-state index contributed by atoms with van der Waals surface area (Å²) in [5, 5.41) is -0.0788. The fourth-order valence-electron chi connectivity index (χ4n) is 2.29. The summed E-state index contributed by atoms with van der Waals surface area (Å²) in [6.45, 7) is 3.21. The van der Waals surface area contributed by atoms with E-state index in [1.807, 2.05) is 0 Å². The molecule has 0 aliphatic heterocycles. The second-order valence-corrected chi connectivity index (χ2v) is 4.41. The lowest BCUT2D eigenvalue weighted by Gasteiger charge is -2.13. The summed E-state index contributed by atoms with van der Waals surface area (Å²) in [7, 11) is 1.17. The number of carbonyl (C=O) groups is 1. The quantitative estimate of drug-likeness (QED) is 0.880. The number of fused-ring (bicyclic) bond motifs is 1. The molecule has 1 N–H and O–H groups in total. The van der Waals surface area contributed by atoms with Crippen molar-refractivity contribution in [3.05, 3.63) is 29.0 Å². The second kappa shape index (κ2) is 5.31. The normalized spacial score (nSPS) is 11.7. The minimum atomic E-state index is -4.59. The van der Waals surface area contributed by atoms with Crippen molar-refractivity contribution in [2.45, 2.75) is 20.0 Å². The van der Waals surface area contributed by atoms with E-state index in [0.717, 1.165) is 0 Å². The molecule has 7 heteroatoms. The van der Waals surface area contributed by atoms with Gasteiger partial charge in [-0.2, -0.15) is 13.2 Å². The van der Waals surface area contributed by atoms with E-state index in [9.17, 15) is 18.0 Å². The van der Waals surface area contributed by atoms with Crippen LogP contribution in [0.5, 0.6) is 5.75 Å². The molecular formula is C14H14F3NO3. The largest absolute Gasteiger partial charge is 0.496 e. The van der Waals surface area contributed by atoms with Crippen LogP contribution < -0.4 is 4.74 Å². The summed E-state index contributed by atoms with van der Waals surface area (Å²) in [4.78, 5) is 14.5. The highest BCUT2D eigenvalue weighted by molar-refractivity contribution is 6.00. The number of halogens is 3. The zero-order valence-electron chi connectivity index (χ0n) is 11.7. The third kappa shape index (κ3) is 2.55. The van der Waals surface area contributed by atoms with E-state index < -0.39 is 17.7 Å². The van der Waals surface area contributed by atoms with Crippen LogP contribution in [-0.4, -0.2) is 24.7 Å². The molecule has 0 atom stereocenters. The van der Waals surface area contributed by atoms with E-state index >= 15 is 0 Å². The second-order valence-electron chi connectivity index (χ2n) is 4.41. The zero-order chi connectivity index (χ0) is 15.8. The fourth-order valence-corrected chi connectivity index (χ4v) is 2.29. The van der Waals surface area contributed by atoms with E-state index in [4.69, 9.17) is 9.47 Å². The maximum atomic E-state index is 13.3. The van der Waals surface area contributed by atoms with Crippen LogP contribution in [0.1, 0.15) is 28.5 Å². The van der Waals surface area contributed by atoms with Gasteiger partial charge in [-0.25, -0.2) is 4.79 Å². The van der Waals surface area contributed by atoms with Crippen molar-refractivity contribution in [3.63, 3.8) is 0 Å². The molecule has 1 aromatic carbocycles. The number of aromatic nitrogens is 1. The molecule has 1 aromatic heterocycles. The molecule has 0 saturated heterocycles. The highest BCUT2D eigenvalue weighted by Gasteiger charge is 2.38. The lowest BCUT2D eigenvalue weighted by atomic mass is 10.0. The van der Waals surface area contributed by atoms with Crippen LogP contribution in [0.4, 0.5) is 13.2 Å². The number of rotatable bonds is 3. The summed E-state index contributed by atoms with van der Waals surface area (Å²) < 4.78 is 49.5. The van der Waals surface area contributed by atoms with Gasteiger partial charge in [0.25, 0.3) is 0 Å². The number of alkyl halides is 3. The first-order valence-electron chi connectivity index (χ1n) is 6.24. The van der Waals surface area contributed by atoms with Crippen LogP contribution in [0.15, 0.2) is 12.1 Å². The average Bonchev–Trinajstić information content (AvgIpc) is 2.74. The van der Waals surface area contributed by atoms with Gasteiger partial charge >= 0.3 is 12.1 Å². The van der Waals surface area contributed by atoms with Crippen molar-refractivity contribution >= 4 is 16.9 Å². The minimum absolute atomic E-state index is 0.0191. The van der Waals surface area contributed by atoms with Crippen molar-refractivity contribution < 1.29 is 27.4 Å². The Bertz CT molecular complexity index is 689. The maximum Gasteiger partial charge on any atom is 0.420 e. The van der Waals surface area contributed by atoms with Gasteiger partial charge < -0.3 is 14.5 Å². The summed E-state index contributed by atoms with van der Waals surface area (Å²) in [6, 6.07) is 2.66. The molecule has 0 aliphatic rings. The number of aromatic amines is 1. The van der Waals surface area contributed by atoms with E-state index in [2.05, 4.69) is 4.98 Å². The fraction of sp³-hybridized carbons (Fsp3) is 0.357.